The third-order valence-electron chi connectivity index (χ3n) is 2.69. The second-order valence-corrected chi connectivity index (χ2v) is 5.42. The predicted octanol–water partition coefficient (Wildman–Crippen LogP) is 4.06. The van der Waals surface area contributed by atoms with E-state index in [-0.39, 0.29) is 22.0 Å². The molecule has 19 heavy (non-hydrogen) atoms. The topological polar surface area (TPSA) is 30.7 Å². The van der Waals surface area contributed by atoms with Gasteiger partial charge in [-0.15, -0.1) is 16.7 Å². The van der Waals surface area contributed by atoms with E-state index in [2.05, 4.69) is 26.2 Å². The Morgan fingerprint density at radius 3 is 2.84 bits per heavy atom. The molecule has 0 aliphatic rings. The zero-order valence-electron chi connectivity index (χ0n) is 10.1. The molecule has 1 atom stereocenters. The van der Waals surface area contributed by atoms with Crippen LogP contribution in [0.3, 0.4) is 0 Å². The minimum absolute atomic E-state index is 0.0303. The highest BCUT2D eigenvalue weighted by molar-refractivity contribution is 9.10. The maximum atomic E-state index is 13.8. The lowest BCUT2D eigenvalue weighted by Crippen LogP contribution is -2.06. The molecule has 0 saturated heterocycles. The van der Waals surface area contributed by atoms with Crippen LogP contribution in [0, 0.1) is 11.6 Å². The fourth-order valence-corrected chi connectivity index (χ4v) is 2.09. The molecule has 0 aliphatic carbocycles. The van der Waals surface area contributed by atoms with E-state index >= 15 is 0 Å². The van der Waals surface area contributed by atoms with Gasteiger partial charge >= 0.3 is 0 Å². The van der Waals surface area contributed by atoms with Gasteiger partial charge in [0.15, 0.2) is 0 Å². The Morgan fingerprint density at radius 2 is 2.16 bits per heavy atom. The minimum Gasteiger partial charge on any atom is -0.248 e. The van der Waals surface area contributed by atoms with Gasteiger partial charge in [0.1, 0.15) is 17.3 Å². The molecule has 0 bridgehead atoms. The van der Waals surface area contributed by atoms with Crippen LogP contribution >= 0.6 is 27.5 Å². The van der Waals surface area contributed by atoms with Crippen LogP contribution in [0.1, 0.15) is 30.0 Å². The summed E-state index contributed by atoms with van der Waals surface area (Å²) in [6, 6.07) is 2.53. The van der Waals surface area contributed by atoms with Crippen molar-refractivity contribution in [3.05, 3.63) is 45.7 Å². The van der Waals surface area contributed by atoms with E-state index in [4.69, 9.17) is 11.6 Å². The number of hydrogen-bond donors (Lipinski definition) is 0. The summed E-state index contributed by atoms with van der Waals surface area (Å²) in [4.78, 5) is 0. The van der Waals surface area contributed by atoms with Crippen LogP contribution in [0.25, 0.3) is 0 Å². The van der Waals surface area contributed by atoms with Crippen molar-refractivity contribution in [2.75, 3.05) is 0 Å². The first-order chi connectivity index (χ1) is 9.02. The molecule has 1 aromatic carbocycles. The standard InChI is InChI=1S/C12H11BrClF2N3/c1-2-9(14)11-6-19(18-17-11)5-7-10(15)4-3-8(13)12(7)16/h3-4,6,9H,2,5H2,1H3. The molecule has 7 heteroatoms. The second-order valence-electron chi connectivity index (χ2n) is 4.04. The molecular weight excluding hydrogens is 340 g/mol. The van der Waals surface area contributed by atoms with Crippen molar-refractivity contribution in [1.82, 2.24) is 15.0 Å². The number of nitrogens with zero attached hydrogens (tertiary/aromatic N) is 3. The summed E-state index contributed by atoms with van der Waals surface area (Å²) in [5, 5.41) is 7.47. The number of halogens is 4. The summed E-state index contributed by atoms with van der Waals surface area (Å²) in [6.07, 6.45) is 2.31. The van der Waals surface area contributed by atoms with Crippen LogP contribution in [0.5, 0.6) is 0 Å². The molecule has 2 aromatic rings. The van der Waals surface area contributed by atoms with Crippen LogP contribution in [0.2, 0.25) is 0 Å². The molecule has 0 radical (unpaired) electrons. The third kappa shape index (κ3) is 3.12. The average molecular weight is 351 g/mol. The molecule has 1 heterocycles. The van der Waals surface area contributed by atoms with E-state index in [1.54, 1.807) is 6.20 Å². The van der Waals surface area contributed by atoms with Crippen molar-refractivity contribution < 1.29 is 8.78 Å². The molecule has 0 saturated carbocycles. The Morgan fingerprint density at radius 1 is 1.42 bits per heavy atom. The van der Waals surface area contributed by atoms with Crippen LogP contribution in [0.15, 0.2) is 22.8 Å². The monoisotopic (exact) mass is 349 g/mol. The quantitative estimate of drug-likeness (QED) is 0.615. The molecular formula is C12H11BrClF2N3. The highest BCUT2D eigenvalue weighted by atomic mass is 79.9. The molecule has 0 amide bonds. The summed E-state index contributed by atoms with van der Waals surface area (Å²) in [7, 11) is 0. The van der Waals surface area contributed by atoms with Gasteiger partial charge < -0.3 is 0 Å². The molecule has 102 valence electrons. The Hall–Kier alpha value is -1.01. The summed E-state index contributed by atoms with van der Waals surface area (Å²) in [6.45, 7) is 1.89. The highest BCUT2D eigenvalue weighted by Crippen LogP contribution is 2.24. The van der Waals surface area contributed by atoms with Gasteiger partial charge in [-0.05, 0) is 34.5 Å². The lowest BCUT2D eigenvalue weighted by molar-refractivity contribution is 0.524. The van der Waals surface area contributed by atoms with Crippen molar-refractivity contribution in [1.29, 1.82) is 0 Å². The number of hydrogen-bond acceptors (Lipinski definition) is 2. The fourth-order valence-electron chi connectivity index (χ4n) is 1.62. The Balaban J connectivity index is 2.27. The molecule has 1 unspecified atom stereocenters. The number of rotatable bonds is 4. The van der Waals surface area contributed by atoms with Gasteiger partial charge in [-0.3, -0.25) is 0 Å². The zero-order valence-corrected chi connectivity index (χ0v) is 12.4. The van der Waals surface area contributed by atoms with Crippen LogP contribution in [-0.2, 0) is 6.54 Å². The van der Waals surface area contributed by atoms with Gasteiger partial charge in [0.05, 0.1) is 22.6 Å². The smallest absolute Gasteiger partial charge is 0.145 e. The number of benzene rings is 1. The van der Waals surface area contributed by atoms with Crippen LogP contribution < -0.4 is 0 Å². The van der Waals surface area contributed by atoms with E-state index in [1.165, 1.54) is 16.8 Å². The Kier molecular flexibility index (Phi) is 4.52. The van der Waals surface area contributed by atoms with Gasteiger partial charge in [0.2, 0.25) is 0 Å². The predicted molar refractivity (Wildman–Crippen MR) is 72.1 cm³/mol. The molecule has 0 fully saturated rings. The molecule has 0 N–H and O–H groups in total. The van der Waals surface area contributed by atoms with Gasteiger partial charge in [0, 0.05) is 5.56 Å². The highest BCUT2D eigenvalue weighted by Gasteiger charge is 2.15. The van der Waals surface area contributed by atoms with Crippen LogP contribution in [-0.4, -0.2) is 15.0 Å². The number of aromatic nitrogens is 3. The largest absolute Gasteiger partial charge is 0.248 e. The summed E-state index contributed by atoms with van der Waals surface area (Å²) < 4.78 is 29.0. The van der Waals surface area contributed by atoms with E-state index < -0.39 is 11.6 Å². The summed E-state index contributed by atoms with van der Waals surface area (Å²) >= 11 is 9.05. The fraction of sp³-hybridized carbons (Fsp3) is 0.333. The van der Waals surface area contributed by atoms with Gasteiger partial charge in [0.25, 0.3) is 0 Å². The van der Waals surface area contributed by atoms with E-state index in [0.29, 0.717) is 12.1 Å². The van der Waals surface area contributed by atoms with Gasteiger partial charge in [-0.25, -0.2) is 13.5 Å². The molecule has 0 aliphatic heterocycles. The molecule has 0 spiro atoms. The van der Waals surface area contributed by atoms with Crippen molar-refractivity contribution >= 4 is 27.5 Å². The van der Waals surface area contributed by atoms with E-state index in [1.807, 2.05) is 6.92 Å². The maximum absolute atomic E-state index is 13.8. The Bertz CT molecular complexity index is 588. The lowest BCUT2D eigenvalue weighted by Gasteiger charge is -2.06. The van der Waals surface area contributed by atoms with E-state index in [0.717, 1.165) is 0 Å². The SMILES string of the molecule is CCC(Cl)c1cn(Cc2c(F)ccc(Br)c2F)nn1. The first kappa shape index (κ1) is 14.4. The first-order valence-corrected chi connectivity index (χ1v) is 6.92. The van der Waals surface area contributed by atoms with Gasteiger partial charge in [-0.1, -0.05) is 12.1 Å². The van der Waals surface area contributed by atoms with Crippen LogP contribution in [0.4, 0.5) is 8.78 Å². The van der Waals surface area contributed by atoms with E-state index in [9.17, 15) is 8.78 Å². The average Bonchev–Trinajstić information content (AvgIpc) is 2.87. The normalized spacial score (nSPS) is 12.7. The van der Waals surface area contributed by atoms with Crippen molar-refractivity contribution in [2.24, 2.45) is 0 Å². The summed E-state index contributed by atoms with van der Waals surface area (Å²) in [5.41, 5.74) is 0.536. The van der Waals surface area contributed by atoms with Gasteiger partial charge in [-0.2, -0.15) is 0 Å². The number of alkyl halides is 1. The Labute approximate surface area is 122 Å². The van der Waals surface area contributed by atoms with Crippen molar-refractivity contribution in [3.63, 3.8) is 0 Å². The summed E-state index contributed by atoms with van der Waals surface area (Å²) in [5.74, 6) is -1.24. The molecule has 1 aromatic heterocycles. The third-order valence-corrected chi connectivity index (χ3v) is 3.84. The molecule has 2 rings (SSSR count). The second kappa shape index (κ2) is 5.96. The maximum Gasteiger partial charge on any atom is 0.145 e. The van der Waals surface area contributed by atoms with Crippen molar-refractivity contribution in [3.8, 4) is 0 Å². The lowest BCUT2D eigenvalue weighted by atomic mass is 10.2. The minimum atomic E-state index is -0.630. The van der Waals surface area contributed by atoms with Crippen molar-refractivity contribution in [2.45, 2.75) is 25.3 Å². The first-order valence-electron chi connectivity index (χ1n) is 5.69. The molecule has 3 nitrogen and oxygen atoms in total. The zero-order chi connectivity index (χ0) is 14.0.